The maximum Gasteiger partial charge on any atom is 0.172 e. The number of hydrogen-bond acceptors (Lipinski definition) is 3. The molecule has 3 nitrogen and oxygen atoms in total. The first-order valence-corrected chi connectivity index (χ1v) is 1.77. The van der Waals surface area contributed by atoms with Crippen molar-refractivity contribution in [3.63, 3.8) is 0 Å². The van der Waals surface area contributed by atoms with Gasteiger partial charge in [-0.1, -0.05) is 0 Å². The Morgan fingerprint density at radius 3 is 1.71 bits per heavy atom. The molecule has 0 amide bonds. The van der Waals surface area contributed by atoms with Crippen molar-refractivity contribution in [3.05, 3.63) is 0 Å². The van der Waals surface area contributed by atoms with Crippen molar-refractivity contribution in [2.75, 3.05) is 0 Å². The Balaban J connectivity index is 3.82. The molecule has 0 aromatic heterocycles. The summed E-state index contributed by atoms with van der Waals surface area (Å²) in [6.07, 6.45) is 0.361. The normalized spacial score (nSPS) is 10.6. The van der Waals surface area contributed by atoms with Gasteiger partial charge in [0.05, 0.1) is 0 Å². The van der Waals surface area contributed by atoms with E-state index in [-0.39, 0.29) is 12.6 Å². The van der Waals surface area contributed by atoms with Gasteiger partial charge >= 0.3 is 0 Å². The molecule has 0 aliphatic rings. The maximum atomic E-state index is 9.58. The van der Waals surface area contributed by atoms with E-state index in [0.717, 1.165) is 6.92 Å². The van der Waals surface area contributed by atoms with E-state index in [1.807, 2.05) is 0 Å². The number of carbonyl (C=O) groups is 2. The minimum atomic E-state index is -1.78. The second-order valence-electron chi connectivity index (χ2n) is 1.46. The average molecular weight is 102 g/mol. The molecule has 0 spiro atoms. The molecule has 0 aromatic carbocycles. The third kappa shape index (κ3) is 2.05. The van der Waals surface area contributed by atoms with Crippen molar-refractivity contribution in [2.24, 2.45) is 0 Å². The van der Waals surface area contributed by atoms with Crippen LogP contribution in [0.1, 0.15) is 6.92 Å². The van der Waals surface area contributed by atoms with E-state index in [1.54, 1.807) is 0 Å². The first kappa shape index (κ1) is 6.30. The lowest BCUT2D eigenvalue weighted by molar-refractivity contribution is -0.133. The summed E-state index contributed by atoms with van der Waals surface area (Å²) in [7, 11) is 0. The van der Waals surface area contributed by atoms with Crippen molar-refractivity contribution in [1.82, 2.24) is 0 Å². The van der Waals surface area contributed by atoms with Crippen molar-refractivity contribution in [3.8, 4) is 0 Å². The Kier molecular flexibility index (Phi) is 1.66. The summed E-state index contributed by atoms with van der Waals surface area (Å²) in [6, 6.07) is 0. The SMILES string of the molecule is CC(O)(C=O)C=O. The van der Waals surface area contributed by atoms with Gasteiger partial charge in [-0.2, -0.15) is 0 Å². The highest BCUT2D eigenvalue weighted by molar-refractivity contribution is 5.86. The third-order valence-corrected chi connectivity index (χ3v) is 0.477. The van der Waals surface area contributed by atoms with E-state index in [1.165, 1.54) is 0 Å². The molecule has 0 saturated heterocycles. The first-order valence-electron chi connectivity index (χ1n) is 1.77. The molecule has 7 heavy (non-hydrogen) atoms. The lowest BCUT2D eigenvalue weighted by atomic mass is 10.2. The van der Waals surface area contributed by atoms with Crippen LogP contribution in [-0.2, 0) is 9.59 Å². The Labute approximate surface area is 41.0 Å². The number of aldehydes is 2. The van der Waals surface area contributed by atoms with Crippen LogP contribution in [0.15, 0.2) is 0 Å². The van der Waals surface area contributed by atoms with E-state index in [9.17, 15) is 9.59 Å². The quantitative estimate of drug-likeness (QED) is 0.364. The second-order valence-corrected chi connectivity index (χ2v) is 1.46. The highest BCUT2D eigenvalue weighted by Crippen LogP contribution is 1.88. The van der Waals surface area contributed by atoms with Gasteiger partial charge in [0.2, 0.25) is 0 Å². The molecule has 0 rings (SSSR count). The average Bonchev–Trinajstić information content (AvgIpc) is 1.68. The topological polar surface area (TPSA) is 54.4 Å². The lowest BCUT2D eigenvalue weighted by Gasteiger charge is -2.01. The number of hydrogen-bond donors (Lipinski definition) is 1. The molecule has 0 atom stereocenters. The van der Waals surface area contributed by atoms with Gasteiger partial charge in [-0.3, -0.25) is 9.59 Å². The predicted octanol–water partition coefficient (Wildman–Crippen LogP) is -0.865. The minimum Gasteiger partial charge on any atom is -0.375 e. The predicted molar refractivity (Wildman–Crippen MR) is 22.8 cm³/mol. The molecule has 0 unspecified atom stereocenters. The highest BCUT2D eigenvalue weighted by atomic mass is 16.3. The van der Waals surface area contributed by atoms with E-state index in [0.29, 0.717) is 0 Å². The zero-order valence-corrected chi connectivity index (χ0v) is 3.92. The molecule has 0 aliphatic carbocycles. The molecular weight excluding hydrogens is 96.0 g/mol. The zero-order valence-electron chi connectivity index (χ0n) is 3.92. The zero-order chi connectivity index (χ0) is 5.91. The Morgan fingerprint density at radius 1 is 1.43 bits per heavy atom. The van der Waals surface area contributed by atoms with Gasteiger partial charge in [0.1, 0.15) is 0 Å². The largest absolute Gasteiger partial charge is 0.375 e. The van der Waals surface area contributed by atoms with Crippen molar-refractivity contribution in [2.45, 2.75) is 12.5 Å². The Hall–Kier alpha value is -0.700. The summed E-state index contributed by atoms with van der Waals surface area (Å²) < 4.78 is 0. The van der Waals surface area contributed by atoms with E-state index >= 15 is 0 Å². The number of aliphatic hydroxyl groups is 1. The Bertz CT molecular complexity index is 74.9. The Morgan fingerprint density at radius 2 is 1.71 bits per heavy atom. The van der Waals surface area contributed by atoms with Crippen LogP contribution in [-0.4, -0.2) is 23.3 Å². The molecule has 3 heteroatoms. The van der Waals surface area contributed by atoms with E-state index in [4.69, 9.17) is 5.11 Å². The van der Waals surface area contributed by atoms with Crippen molar-refractivity contribution < 1.29 is 14.7 Å². The molecule has 0 aliphatic heterocycles. The van der Waals surface area contributed by atoms with Crippen LogP contribution in [0.5, 0.6) is 0 Å². The van der Waals surface area contributed by atoms with Gasteiger partial charge in [-0.15, -0.1) is 0 Å². The standard InChI is InChI=1S/C4H6O3/c1-4(7,2-5)3-6/h2-3,7H,1H3. The highest BCUT2D eigenvalue weighted by Gasteiger charge is 2.15. The smallest absolute Gasteiger partial charge is 0.172 e. The molecule has 0 aromatic rings. The summed E-state index contributed by atoms with van der Waals surface area (Å²) >= 11 is 0. The van der Waals surface area contributed by atoms with Gasteiger partial charge in [-0.25, -0.2) is 0 Å². The van der Waals surface area contributed by atoms with Gasteiger partial charge in [0.15, 0.2) is 18.2 Å². The summed E-state index contributed by atoms with van der Waals surface area (Å²) in [5, 5.41) is 8.40. The maximum absolute atomic E-state index is 9.58. The van der Waals surface area contributed by atoms with E-state index in [2.05, 4.69) is 0 Å². The minimum absolute atomic E-state index is 0.181. The van der Waals surface area contributed by atoms with Crippen LogP contribution in [0, 0.1) is 0 Å². The fourth-order valence-electron chi connectivity index (χ4n) is 0.0278. The van der Waals surface area contributed by atoms with Crippen LogP contribution >= 0.6 is 0 Å². The molecule has 0 radical (unpaired) electrons. The first-order chi connectivity index (χ1) is 3.12. The third-order valence-electron chi connectivity index (χ3n) is 0.477. The lowest BCUT2D eigenvalue weighted by Crippen LogP contribution is -2.27. The summed E-state index contributed by atoms with van der Waals surface area (Å²) in [4.78, 5) is 19.2. The van der Waals surface area contributed by atoms with Gasteiger partial charge in [0.25, 0.3) is 0 Å². The number of carbonyl (C=O) groups excluding carboxylic acids is 2. The summed E-state index contributed by atoms with van der Waals surface area (Å²) in [6.45, 7) is 1.12. The molecule has 40 valence electrons. The van der Waals surface area contributed by atoms with Gasteiger partial charge in [-0.05, 0) is 6.92 Å². The van der Waals surface area contributed by atoms with Crippen LogP contribution in [0.4, 0.5) is 0 Å². The molecule has 0 bridgehead atoms. The monoisotopic (exact) mass is 102 g/mol. The van der Waals surface area contributed by atoms with Gasteiger partial charge in [0, 0.05) is 0 Å². The fraction of sp³-hybridized carbons (Fsp3) is 0.500. The molecular formula is C4H6O3. The van der Waals surface area contributed by atoms with Crippen LogP contribution < -0.4 is 0 Å². The molecule has 0 saturated carbocycles. The van der Waals surface area contributed by atoms with Crippen LogP contribution in [0.2, 0.25) is 0 Å². The molecule has 1 N–H and O–H groups in total. The van der Waals surface area contributed by atoms with Crippen molar-refractivity contribution >= 4 is 12.6 Å². The molecule has 0 fully saturated rings. The fourth-order valence-corrected chi connectivity index (χ4v) is 0.0278. The van der Waals surface area contributed by atoms with E-state index < -0.39 is 5.60 Å². The molecule has 0 heterocycles. The van der Waals surface area contributed by atoms with Crippen molar-refractivity contribution in [1.29, 1.82) is 0 Å². The summed E-state index contributed by atoms with van der Waals surface area (Å²) in [5.74, 6) is 0. The van der Waals surface area contributed by atoms with Crippen LogP contribution in [0.3, 0.4) is 0 Å². The number of rotatable bonds is 2. The summed E-state index contributed by atoms with van der Waals surface area (Å²) in [5.41, 5.74) is -1.78. The second kappa shape index (κ2) is 1.84. The van der Waals surface area contributed by atoms with Crippen LogP contribution in [0.25, 0.3) is 0 Å². The van der Waals surface area contributed by atoms with Gasteiger partial charge < -0.3 is 5.11 Å².